The minimum Gasteiger partial charge on any atom is -0.481 e. The number of carboxylic acids is 1. The molecular weight excluding hydrogens is 316 g/mol. The lowest BCUT2D eigenvalue weighted by Gasteiger charge is -2.17. The van der Waals surface area contributed by atoms with Crippen LogP contribution in [0, 0.1) is 13.8 Å². The van der Waals surface area contributed by atoms with Gasteiger partial charge in [0.2, 0.25) is 0 Å². The highest BCUT2D eigenvalue weighted by Crippen LogP contribution is 2.30. The van der Waals surface area contributed by atoms with E-state index < -0.39 is 11.9 Å². The summed E-state index contributed by atoms with van der Waals surface area (Å²) in [4.78, 5) is 11.7. The molecule has 0 bridgehead atoms. The number of aliphatic carboxylic acids is 1. The molecule has 0 spiro atoms. The van der Waals surface area contributed by atoms with Crippen molar-refractivity contribution in [2.24, 2.45) is 0 Å². The Balaban J connectivity index is 2.42. The van der Waals surface area contributed by atoms with Crippen LogP contribution in [-0.2, 0) is 11.2 Å². The van der Waals surface area contributed by atoms with Crippen molar-refractivity contribution < 1.29 is 9.90 Å². The summed E-state index contributed by atoms with van der Waals surface area (Å²) in [5.74, 6) is -1.33. The Labute approximate surface area is 127 Å². The fourth-order valence-corrected chi connectivity index (χ4v) is 3.02. The first-order valence-corrected chi connectivity index (χ1v) is 7.32. The van der Waals surface area contributed by atoms with E-state index in [2.05, 4.69) is 15.9 Å². The SMILES string of the molecule is Cc1cccc(C)c1CC(C(=O)O)c1ccccc1Br. The number of carboxylic acid groups (broad SMARTS) is 1. The van der Waals surface area contributed by atoms with Gasteiger partial charge in [-0.1, -0.05) is 52.3 Å². The molecule has 0 heterocycles. The van der Waals surface area contributed by atoms with Gasteiger partial charge in [-0.05, 0) is 48.6 Å². The molecule has 0 aliphatic carbocycles. The van der Waals surface area contributed by atoms with Crippen LogP contribution in [0.25, 0.3) is 0 Å². The van der Waals surface area contributed by atoms with E-state index in [1.807, 2.05) is 56.3 Å². The molecular formula is C17H17BrO2. The number of hydrogen-bond acceptors (Lipinski definition) is 1. The van der Waals surface area contributed by atoms with Gasteiger partial charge in [0.15, 0.2) is 0 Å². The summed E-state index contributed by atoms with van der Waals surface area (Å²) < 4.78 is 0.846. The molecule has 0 saturated carbocycles. The van der Waals surface area contributed by atoms with Crippen LogP contribution in [0.1, 0.15) is 28.2 Å². The number of aryl methyl sites for hydroxylation is 2. The summed E-state index contributed by atoms with van der Waals surface area (Å²) in [5.41, 5.74) is 4.23. The Hall–Kier alpha value is -1.61. The predicted octanol–water partition coefficient (Wildman–Crippen LogP) is 4.48. The van der Waals surface area contributed by atoms with E-state index in [1.54, 1.807) is 0 Å². The van der Waals surface area contributed by atoms with Crippen molar-refractivity contribution in [3.63, 3.8) is 0 Å². The van der Waals surface area contributed by atoms with E-state index in [-0.39, 0.29) is 0 Å². The molecule has 2 aromatic carbocycles. The Morgan fingerprint density at radius 2 is 1.70 bits per heavy atom. The molecule has 1 atom stereocenters. The Morgan fingerprint density at radius 1 is 1.10 bits per heavy atom. The molecule has 1 N–H and O–H groups in total. The van der Waals surface area contributed by atoms with Gasteiger partial charge >= 0.3 is 5.97 Å². The van der Waals surface area contributed by atoms with Crippen molar-refractivity contribution in [1.82, 2.24) is 0 Å². The molecule has 2 aromatic rings. The van der Waals surface area contributed by atoms with Crippen molar-refractivity contribution in [2.45, 2.75) is 26.2 Å². The molecule has 2 rings (SSSR count). The molecule has 2 nitrogen and oxygen atoms in total. The zero-order valence-corrected chi connectivity index (χ0v) is 13.1. The topological polar surface area (TPSA) is 37.3 Å². The van der Waals surface area contributed by atoms with Crippen LogP contribution in [0.3, 0.4) is 0 Å². The van der Waals surface area contributed by atoms with E-state index in [4.69, 9.17) is 0 Å². The van der Waals surface area contributed by atoms with E-state index in [0.29, 0.717) is 6.42 Å². The summed E-state index contributed by atoms with van der Waals surface area (Å²) in [6, 6.07) is 13.6. The summed E-state index contributed by atoms with van der Waals surface area (Å²) >= 11 is 3.45. The molecule has 0 aromatic heterocycles. The summed E-state index contributed by atoms with van der Waals surface area (Å²) in [5, 5.41) is 9.57. The van der Waals surface area contributed by atoms with Crippen LogP contribution in [0.4, 0.5) is 0 Å². The fourth-order valence-electron chi connectivity index (χ4n) is 2.46. The number of halogens is 1. The highest BCUT2D eigenvalue weighted by molar-refractivity contribution is 9.10. The molecule has 0 radical (unpaired) electrons. The van der Waals surface area contributed by atoms with Crippen molar-refractivity contribution in [1.29, 1.82) is 0 Å². The summed E-state index contributed by atoms with van der Waals surface area (Å²) in [6.07, 6.45) is 0.510. The lowest BCUT2D eigenvalue weighted by atomic mass is 9.88. The highest BCUT2D eigenvalue weighted by atomic mass is 79.9. The second-order valence-electron chi connectivity index (χ2n) is 4.99. The van der Waals surface area contributed by atoms with Crippen LogP contribution in [0.15, 0.2) is 46.9 Å². The molecule has 0 fully saturated rings. The van der Waals surface area contributed by atoms with Gasteiger partial charge in [0.1, 0.15) is 0 Å². The number of benzene rings is 2. The third-order valence-corrected chi connectivity index (χ3v) is 4.35. The smallest absolute Gasteiger partial charge is 0.311 e. The van der Waals surface area contributed by atoms with Crippen molar-refractivity contribution in [2.75, 3.05) is 0 Å². The molecule has 20 heavy (non-hydrogen) atoms. The Kier molecular flexibility index (Phi) is 4.61. The average molecular weight is 333 g/mol. The lowest BCUT2D eigenvalue weighted by Crippen LogP contribution is -2.16. The zero-order chi connectivity index (χ0) is 14.7. The third kappa shape index (κ3) is 3.10. The minimum absolute atomic E-state index is 0.510. The third-order valence-electron chi connectivity index (χ3n) is 3.63. The quantitative estimate of drug-likeness (QED) is 0.896. The number of rotatable bonds is 4. The molecule has 0 amide bonds. The maximum atomic E-state index is 11.7. The average Bonchev–Trinajstić information content (AvgIpc) is 2.39. The Morgan fingerprint density at radius 3 is 2.25 bits per heavy atom. The van der Waals surface area contributed by atoms with Gasteiger partial charge in [-0.2, -0.15) is 0 Å². The van der Waals surface area contributed by atoms with Gasteiger partial charge in [-0.3, -0.25) is 4.79 Å². The largest absolute Gasteiger partial charge is 0.481 e. The van der Waals surface area contributed by atoms with Crippen LogP contribution in [0.2, 0.25) is 0 Å². The van der Waals surface area contributed by atoms with E-state index >= 15 is 0 Å². The molecule has 104 valence electrons. The molecule has 3 heteroatoms. The second-order valence-corrected chi connectivity index (χ2v) is 5.84. The van der Waals surface area contributed by atoms with Gasteiger partial charge in [-0.25, -0.2) is 0 Å². The minimum atomic E-state index is -0.792. The maximum Gasteiger partial charge on any atom is 0.311 e. The van der Waals surface area contributed by atoms with Crippen LogP contribution < -0.4 is 0 Å². The molecule has 0 aliphatic rings. The van der Waals surface area contributed by atoms with Crippen molar-refractivity contribution in [3.05, 3.63) is 69.2 Å². The van der Waals surface area contributed by atoms with Crippen LogP contribution >= 0.6 is 15.9 Å². The first-order valence-electron chi connectivity index (χ1n) is 6.53. The standard InChI is InChI=1S/C17H17BrO2/c1-11-6-5-7-12(2)14(11)10-15(17(19)20)13-8-3-4-9-16(13)18/h3-9,15H,10H2,1-2H3,(H,19,20). The van der Waals surface area contributed by atoms with E-state index in [1.165, 1.54) is 0 Å². The van der Waals surface area contributed by atoms with E-state index in [9.17, 15) is 9.90 Å². The molecule has 0 saturated heterocycles. The van der Waals surface area contributed by atoms with Crippen molar-refractivity contribution >= 4 is 21.9 Å². The summed E-state index contributed by atoms with van der Waals surface area (Å²) in [7, 11) is 0. The highest BCUT2D eigenvalue weighted by Gasteiger charge is 2.23. The van der Waals surface area contributed by atoms with Gasteiger partial charge in [-0.15, -0.1) is 0 Å². The zero-order valence-electron chi connectivity index (χ0n) is 11.6. The fraction of sp³-hybridized carbons (Fsp3) is 0.235. The van der Waals surface area contributed by atoms with Gasteiger partial charge in [0.25, 0.3) is 0 Å². The number of carbonyl (C=O) groups is 1. The molecule has 1 unspecified atom stereocenters. The van der Waals surface area contributed by atoms with Gasteiger partial charge in [0.05, 0.1) is 5.92 Å². The van der Waals surface area contributed by atoms with Crippen LogP contribution in [0.5, 0.6) is 0 Å². The van der Waals surface area contributed by atoms with Crippen LogP contribution in [-0.4, -0.2) is 11.1 Å². The van der Waals surface area contributed by atoms with Crippen molar-refractivity contribution in [3.8, 4) is 0 Å². The first kappa shape index (κ1) is 14.8. The van der Waals surface area contributed by atoms with Gasteiger partial charge in [0, 0.05) is 4.47 Å². The first-order chi connectivity index (χ1) is 9.50. The lowest BCUT2D eigenvalue weighted by molar-refractivity contribution is -0.138. The maximum absolute atomic E-state index is 11.7. The Bertz CT molecular complexity index is 614. The van der Waals surface area contributed by atoms with E-state index in [0.717, 1.165) is 26.7 Å². The van der Waals surface area contributed by atoms with Gasteiger partial charge < -0.3 is 5.11 Å². The molecule has 0 aliphatic heterocycles. The summed E-state index contributed by atoms with van der Waals surface area (Å²) in [6.45, 7) is 4.06. The predicted molar refractivity (Wildman–Crippen MR) is 84.1 cm³/mol. The normalized spacial score (nSPS) is 12.2. The second kappa shape index (κ2) is 6.23. The monoisotopic (exact) mass is 332 g/mol. The number of hydrogen-bond donors (Lipinski definition) is 1.